The maximum atomic E-state index is 10.5. The zero-order valence-corrected chi connectivity index (χ0v) is 8.44. The van der Waals surface area contributed by atoms with Crippen LogP contribution in [0.5, 0.6) is 0 Å². The summed E-state index contributed by atoms with van der Waals surface area (Å²) in [5.74, 6) is -3.93. The van der Waals surface area contributed by atoms with E-state index in [1.54, 1.807) is 0 Å². The summed E-state index contributed by atoms with van der Waals surface area (Å²) in [5, 5.41) is 24.2. The van der Waals surface area contributed by atoms with E-state index in [1.807, 2.05) is 0 Å². The standard InChI is InChI=1S/C7H11NO6S/c8-3(6(11)12)2-15-4(7(13)14)1-5(9)10/h3-4H,1-2,8H2,(H,9,10)(H,11,12)(H,13,14)/t3-,4?/m1/s1. The fourth-order valence-electron chi connectivity index (χ4n) is 0.667. The van der Waals surface area contributed by atoms with Gasteiger partial charge in [-0.2, -0.15) is 0 Å². The number of aliphatic carboxylic acids is 3. The van der Waals surface area contributed by atoms with Gasteiger partial charge in [-0.05, 0) is 0 Å². The van der Waals surface area contributed by atoms with Crippen LogP contribution in [-0.2, 0) is 14.4 Å². The van der Waals surface area contributed by atoms with E-state index < -0.39 is 35.6 Å². The van der Waals surface area contributed by atoms with Gasteiger partial charge in [-0.15, -0.1) is 11.8 Å². The van der Waals surface area contributed by atoms with Crippen molar-refractivity contribution in [3.63, 3.8) is 0 Å². The zero-order chi connectivity index (χ0) is 12.0. The SMILES string of the molecule is N[C@H](CSC(CC(=O)O)C(=O)O)C(=O)O. The van der Waals surface area contributed by atoms with E-state index >= 15 is 0 Å². The van der Waals surface area contributed by atoms with Crippen LogP contribution >= 0.6 is 11.8 Å². The molecular formula is C7H11NO6S. The highest BCUT2D eigenvalue weighted by Crippen LogP contribution is 2.15. The van der Waals surface area contributed by atoms with Crippen molar-refractivity contribution in [3.05, 3.63) is 0 Å². The predicted octanol–water partition coefficient (Wildman–Crippen LogP) is -0.941. The monoisotopic (exact) mass is 237 g/mol. The summed E-state index contributed by atoms with van der Waals surface area (Å²) in [6.07, 6.45) is -0.563. The normalized spacial score (nSPS) is 14.2. The fraction of sp³-hybridized carbons (Fsp3) is 0.571. The van der Waals surface area contributed by atoms with E-state index in [2.05, 4.69) is 0 Å². The lowest BCUT2D eigenvalue weighted by atomic mass is 10.3. The van der Waals surface area contributed by atoms with Crippen molar-refractivity contribution >= 4 is 29.7 Å². The summed E-state index contributed by atoms with van der Waals surface area (Å²) in [6, 6.07) is -1.19. The molecule has 0 spiro atoms. The predicted molar refractivity (Wildman–Crippen MR) is 51.7 cm³/mol. The van der Waals surface area contributed by atoms with Crippen molar-refractivity contribution in [1.29, 1.82) is 0 Å². The summed E-state index contributed by atoms with van der Waals surface area (Å²) in [5.41, 5.74) is 5.13. The number of carbonyl (C=O) groups is 3. The number of nitrogens with two attached hydrogens (primary N) is 1. The molecule has 0 aromatic rings. The van der Waals surface area contributed by atoms with Crippen molar-refractivity contribution in [1.82, 2.24) is 0 Å². The molecule has 7 nitrogen and oxygen atoms in total. The van der Waals surface area contributed by atoms with Crippen LogP contribution in [0.2, 0.25) is 0 Å². The third-order valence-corrected chi connectivity index (χ3v) is 2.75. The second kappa shape index (κ2) is 6.25. The second-order valence-corrected chi connectivity index (χ2v) is 3.94. The lowest BCUT2D eigenvalue weighted by Gasteiger charge is -2.11. The number of thioether (sulfide) groups is 1. The minimum Gasteiger partial charge on any atom is -0.481 e. The first-order valence-electron chi connectivity index (χ1n) is 3.89. The van der Waals surface area contributed by atoms with E-state index in [0.29, 0.717) is 11.8 Å². The van der Waals surface area contributed by atoms with Gasteiger partial charge < -0.3 is 21.1 Å². The van der Waals surface area contributed by atoms with Crippen molar-refractivity contribution in [2.75, 3.05) is 5.75 Å². The van der Waals surface area contributed by atoms with Gasteiger partial charge in [0.2, 0.25) is 0 Å². The molecule has 0 bridgehead atoms. The van der Waals surface area contributed by atoms with Crippen LogP contribution in [0.25, 0.3) is 0 Å². The molecule has 0 aliphatic rings. The summed E-state index contributed by atoms with van der Waals surface area (Å²) in [4.78, 5) is 31.1. The molecule has 0 saturated carbocycles. The average molecular weight is 237 g/mol. The minimum atomic E-state index is -1.29. The van der Waals surface area contributed by atoms with Gasteiger partial charge >= 0.3 is 17.9 Å². The highest BCUT2D eigenvalue weighted by atomic mass is 32.2. The van der Waals surface area contributed by atoms with Crippen LogP contribution in [0.3, 0.4) is 0 Å². The first-order chi connectivity index (χ1) is 6.84. The molecule has 1 unspecified atom stereocenters. The molecule has 0 aromatic carbocycles. The Hall–Kier alpha value is -1.28. The van der Waals surface area contributed by atoms with Gasteiger partial charge in [0.25, 0.3) is 0 Å². The number of carboxylic acid groups (broad SMARTS) is 3. The molecule has 0 saturated heterocycles. The fourth-order valence-corrected chi connectivity index (χ4v) is 1.65. The Morgan fingerprint density at radius 1 is 1.13 bits per heavy atom. The second-order valence-electron chi connectivity index (χ2n) is 2.70. The van der Waals surface area contributed by atoms with Crippen LogP contribution in [0.1, 0.15) is 6.42 Å². The number of carboxylic acids is 3. The molecule has 8 heteroatoms. The Morgan fingerprint density at radius 2 is 1.67 bits per heavy atom. The zero-order valence-electron chi connectivity index (χ0n) is 7.62. The van der Waals surface area contributed by atoms with Crippen LogP contribution in [-0.4, -0.2) is 50.3 Å². The van der Waals surface area contributed by atoms with Gasteiger partial charge in [-0.1, -0.05) is 0 Å². The maximum absolute atomic E-state index is 10.5. The van der Waals surface area contributed by atoms with E-state index in [9.17, 15) is 14.4 Å². The number of rotatable bonds is 7. The Kier molecular flexibility index (Phi) is 5.72. The van der Waals surface area contributed by atoms with E-state index in [-0.39, 0.29) is 5.75 Å². The van der Waals surface area contributed by atoms with E-state index in [4.69, 9.17) is 21.1 Å². The van der Waals surface area contributed by atoms with Crippen molar-refractivity contribution in [2.24, 2.45) is 5.73 Å². The topological polar surface area (TPSA) is 138 Å². The molecular weight excluding hydrogens is 226 g/mol. The Bertz CT molecular complexity index is 268. The Morgan fingerprint density at radius 3 is 2.00 bits per heavy atom. The van der Waals surface area contributed by atoms with Crippen LogP contribution < -0.4 is 5.73 Å². The van der Waals surface area contributed by atoms with Crippen molar-refractivity contribution in [2.45, 2.75) is 17.7 Å². The molecule has 0 rings (SSSR count). The van der Waals surface area contributed by atoms with Crippen LogP contribution in [0.15, 0.2) is 0 Å². The van der Waals surface area contributed by atoms with Crippen LogP contribution in [0, 0.1) is 0 Å². The van der Waals surface area contributed by atoms with E-state index in [1.165, 1.54) is 0 Å². The minimum absolute atomic E-state index is 0.139. The van der Waals surface area contributed by atoms with Gasteiger partial charge in [-0.3, -0.25) is 14.4 Å². The molecule has 2 atom stereocenters. The summed E-state index contributed by atoms with van der Waals surface area (Å²) in [6.45, 7) is 0. The van der Waals surface area contributed by atoms with Gasteiger partial charge in [0.15, 0.2) is 0 Å². The molecule has 0 aliphatic carbocycles. The molecule has 15 heavy (non-hydrogen) atoms. The summed E-state index contributed by atoms with van der Waals surface area (Å²) in [7, 11) is 0. The molecule has 0 aliphatic heterocycles. The molecule has 86 valence electrons. The van der Waals surface area contributed by atoms with Crippen molar-refractivity contribution in [3.8, 4) is 0 Å². The van der Waals surface area contributed by atoms with Gasteiger partial charge in [0.05, 0.1) is 6.42 Å². The third-order valence-electron chi connectivity index (χ3n) is 1.43. The average Bonchev–Trinajstić information content (AvgIpc) is 2.10. The smallest absolute Gasteiger partial charge is 0.321 e. The summed E-state index contributed by atoms with van der Waals surface area (Å²) < 4.78 is 0. The first kappa shape index (κ1) is 13.7. The van der Waals surface area contributed by atoms with Crippen LogP contribution in [0.4, 0.5) is 0 Å². The summed E-state index contributed by atoms with van der Waals surface area (Å²) >= 11 is 0.708. The number of hydrogen-bond donors (Lipinski definition) is 4. The maximum Gasteiger partial charge on any atom is 0.321 e. The van der Waals surface area contributed by atoms with E-state index in [0.717, 1.165) is 0 Å². The number of hydrogen-bond acceptors (Lipinski definition) is 5. The quantitative estimate of drug-likeness (QED) is 0.445. The lowest BCUT2D eigenvalue weighted by Crippen LogP contribution is -2.34. The van der Waals surface area contributed by atoms with Gasteiger partial charge in [0, 0.05) is 5.75 Å². The highest BCUT2D eigenvalue weighted by molar-refractivity contribution is 8.00. The first-order valence-corrected chi connectivity index (χ1v) is 4.94. The molecule has 0 radical (unpaired) electrons. The highest BCUT2D eigenvalue weighted by Gasteiger charge is 2.23. The molecule has 0 amide bonds. The Labute approximate surface area is 89.3 Å². The molecule has 0 aromatic heterocycles. The molecule has 5 N–H and O–H groups in total. The van der Waals surface area contributed by atoms with Gasteiger partial charge in [-0.25, -0.2) is 0 Å². The third kappa shape index (κ3) is 5.92. The lowest BCUT2D eigenvalue weighted by molar-refractivity contribution is -0.142. The molecule has 0 fully saturated rings. The van der Waals surface area contributed by atoms with Crippen molar-refractivity contribution < 1.29 is 29.7 Å². The largest absolute Gasteiger partial charge is 0.481 e. The Balaban J connectivity index is 4.13. The molecule has 0 heterocycles. The van der Waals surface area contributed by atoms with Gasteiger partial charge in [0.1, 0.15) is 11.3 Å².